The van der Waals surface area contributed by atoms with Gasteiger partial charge in [-0.2, -0.15) is 0 Å². The number of nitrogens with zero attached hydrogens (tertiary/aromatic N) is 2. The van der Waals surface area contributed by atoms with Crippen LogP contribution < -0.4 is 24.8 Å². The van der Waals surface area contributed by atoms with Crippen molar-refractivity contribution in [3.63, 3.8) is 0 Å². The highest BCUT2D eigenvalue weighted by Gasteiger charge is 2.62. The minimum absolute atomic E-state index is 0.0148. The molecule has 3 fully saturated rings. The number of fused-ring (bicyclic) bond motifs is 1. The number of amides is 4. The summed E-state index contributed by atoms with van der Waals surface area (Å²) in [6.07, 6.45) is 6.66. The first-order valence-corrected chi connectivity index (χ1v) is 21.1. The molecule has 7 atom stereocenters. The van der Waals surface area contributed by atoms with E-state index in [1.807, 2.05) is 44.2 Å². The molecular formula is C41H57N5O9S. The van der Waals surface area contributed by atoms with E-state index in [0.29, 0.717) is 37.0 Å². The number of benzene rings is 1. The molecule has 2 saturated carbocycles. The summed E-state index contributed by atoms with van der Waals surface area (Å²) in [6.45, 7) is 19.0. The van der Waals surface area contributed by atoms with Crippen LogP contribution in [0.25, 0.3) is 10.8 Å². The molecule has 56 heavy (non-hydrogen) atoms. The Labute approximate surface area is 330 Å². The Morgan fingerprint density at radius 2 is 1.80 bits per heavy atom. The summed E-state index contributed by atoms with van der Waals surface area (Å²) in [6, 6.07) is 5.21. The highest BCUT2D eigenvalue weighted by molar-refractivity contribution is 7.91. The number of aromatic nitrogens is 1. The van der Waals surface area contributed by atoms with Gasteiger partial charge >= 0.3 is 6.09 Å². The first-order valence-electron chi connectivity index (χ1n) is 19.5. The minimum Gasteiger partial charge on any atom is -0.492 e. The van der Waals surface area contributed by atoms with Crippen LogP contribution in [0.5, 0.6) is 11.6 Å². The largest absolute Gasteiger partial charge is 0.492 e. The molecule has 15 heteroatoms. The van der Waals surface area contributed by atoms with Crippen molar-refractivity contribution in [2.45, 2.75) is 121 Å². The second-order valence-electron chi connectivity index (χ2n) is 16.4. The van der Waals surface area contributed by atoms with E-state index in [4.69, 9.17) is 14.2 Å². The number of sulfonamides is 1. The molecular weight excluding hydrogens is 739 g/mol. The van der Waals surface area contributed by atoms with Crippen LogP contribution in [-0.4, -0.2) is 89.8 Å². The van der Waals surface area contributed by atoms with E-state index in [1.54, 1.807) is 27.0 Å². The summed E-state index contributed by atoms with van der Waals surface area (Å²) in [5.41, 5.74) is -2.40. The van der Waals surface area contributed by atoms with E-state index in [2.05, 4.69) is 40.4 Å². The Hall–Kier alpha value is -4.66. The maximum absolute atomic E-state index is 14.8. The second kappa shape index (κ2) is 17.2. The van der Waals surface area contributed by atoms with Crippen molar-refractivity contribution in [3.05, 3.63) is 55.8 Å². The van der Waals surface area contributed by atoms with Gasteiger partial charge in [-0.15, -0.1) is 13.2 Å². The molecule has 1 saturated heterocycles. The van der Waals surface area contributed by atoms with E-state index in [0.717, 1.165) is 18.2 Å². The maximum atomic E-state index is 14.8. The fourth-order valence-electron chi connectivity index (χ4n) is 7.41. The van der Waals surface area contributed by atoms with Crippen molar-refractivity contribution >= 4 is 44.6 Å². The van der Waals surface area contributed by atoms with Crippen molar-refractivity contribution in [3.8, 4) is 11.6 Å². The highest BCUT2D eigenvalue weighted by atomic mass is 32.2. The van der Waals surface area contributed by atoms with Gasteiger partial charge in [-0.1, -0.05) is 44.2 Å². The molecule has 1 aromatic carbocycles. The minimum atomic E-state index is -3.91. The van der Waals surface area contributed by atoms with Crippen molar-refractivity contribution in [1.82, 2.24) is 25.2 Å². The van der Waals surface area contributed by atoms with Crippen molar-refractivity contribution < 1.29 is 41.8 Å². The number of alkyl carbamates (subject to hydrolysis) is 1. The third-order valence-electron chi connectivity index (χ3n) is 10.5. The third-order valence-corrected chi connectivity index (χ3v) is 12.4. The van der Waals surface area contributed by atoms with Gasteiger partial charge in [-0.05, 0) is 84.1 Å². The first kappa shape index (κ1) is 42.5. The SMILES string of the molecule is C=CCCC(C)C[C@@H](C)C(NC(=O)OC(C)(C)C)C(=O)N1C[C@H](Oc2ncc(OCC)c3ccccc23)C[C@H]1C(=O)N[C@]1(C(=O)NS(=O)(=O)C2CC2)C[C@H]1C=C. The molecule has 0 bridgehead atoms. The number of carbonyl (C=O) groups excluding carboxylic acids is 4. The lowest BCUT2D eigenvalue weighted by Crippen LogP contribution is -2.59. The first-order chi connectivity index (χ1) is 26.4. The molecule has 2 heterocycles. The average Bonchev–Trinajstić information content (AvgIpc) is 4.06. The van der Waals surface area contributed by atoms with Gasteiger partial charge in [0.2, 0.25) is 27.7 Å². The maximum Gasteiger partial charge on any atom is 0.408 e. The predicted octanol–water partition coefficient (Wildman–Crippen LogP) is 5.17. The Bertz CT molecular complexity index is 1930. The van der Waals surface area contributed by atoms with Crippen LogP contribution in [0.3, 0.4) is 0 Å². The Kier molecular flexibility index (Phi) is 13.1. The third kappa shape index (κ3) is 10.0. The predicted molar refractivity (Wildman–Crippen MR) is 212 cm³/mol. The molecule has 1 aliphatic heterocycles. The van der Waals surface area contributed by atoms with Crippen LogP contribution in [0.4, 0.5) is 4.79 Å². The number of likely N-dealkylation sites (tertiary alicyclic amines) is 1. The van der Waals surface area contributed by atoms with E-state index in [1.165, 1.54) is 11.0 Å². The number of hydrogen-bond donors (Lipinski definition) is 3. The molecule has 3 N–H and O–H groups in total. The summed E-state index contributed by atoms with van der Waals surface area (Å²) >= 11 is 0. The van der Waals surface area contributed by atoms with Gasteiger partial charge in [0.05, 0.1) is 24.6 Å². The molecule has 2 aliphatic carbocycles. The number of hydrogen-bond acceptors (Lipinski definition) is 10. The monoisotopic (exact) mass is 795 g/mol. The van der Waals surface area contributed by atoms with Crippen LogP contribution in [0.2, 0.25) is 0 Å². The lowest BCUT2D eigenvalue weighted by Gasteiger charge is -2.33. The van der Waals surface area contributed by atoms with Gasteiger partial charge < -0.3 is 29.7 Å². The Balaban J connectivity index is 1.47. The molecule has 0 radical (unpaired) electrons. The average molecular weight is 796 g/mol. The van der Waals surface area contributed by atoms with Gasteiger partial charge in [0.15, 0.2) is 0 Å². The van der Waals surface area contributed by atoms with Crippen LogP contribution in [0.1, 0.15) is 86.5 Å². The molecule has 5 rings (SSSR count). The molecule has 0 spiro atoms. The summed E-state index contributed by atoms with van der Waals surface area (Å²) in [5.74, 6) is -1.90. The topological polar surface area (TPSA) is 182 Å². The molecule has 1 aromatic heterocycles. The number of carbonyl (C=O) groups is 4. The van der Waals surface area contributed by atoms with Crippen molar-refractivity contribution in [2.24, 2.45) is 17.8 Å². The smallest absolute Gasteiger partial charge is 0.408 e. The molecule has 306 valence electrons. The zero-order chi connectivity index (χ0) is 41.0. The van der Waals surface area contributed by atoms with Crippen LogP contribution in [0.15, 0.2) is 55.8 Å². The summed E-state index contributed by atoms with van der Waals surface area (Å²) in [4.78, 5) is 62.0. The summed E-state index contributed by atoms with van der Waals surface area (Å²) in [5, 5.41) is 6.42. The van der Waals surface area contributed by atoms with Crippen LogP contribution in [-0.2, 0) is 29.1 Å². The number of nitrogens with one attached hydrogen (secondary N) is 3. The lowest BCUT2D eigenvalue weighted by molar-refractivity contribution is -0.142. The van der Waals surface area contributed by atoms with Crippen LogP contribution in [0, 0.1) is 17.8 Å². The molecule has 2 unspecified atom stereocenters. The van der Waals surface area contributed by atoms with Gasteiger partial charge in [0, 0.05) is 23.1 Å². The highest BCUT2D eigenvalue weighted by Crippen LogP contribution is 2.45. The molecule has 4 amide bonds. The number of pyridine rings is 1. The van der Waals surface area contributed by atoms with E-state index in [-0.39, 0.29) is 37.1 Å². The standard InChI is InChI=1S/C41H57N5O9S/c1-9-12-15-25(4)20-26(5)34(43-39(50)55-40(6,7)8)37(48)46-24-28(54-36-31-17-14-13-16-30(31)33(23-42-36)53-11-3)21-32(46)35(47)44-41(22-27(41)10-2)38(49)45-56(51,52)29-18-19-29/h9-10,13-14,16-17,23,25-29,32,34H,1-2,11-12,15,18-22,24H2,3-8H3,(H,43,50)(H,44,47)(H,45,49)/t25?,26-,27-,28-,32+,34?,41-/m1/s1. The quantitative estimate of drug-likeness (QED) is 0.170. The summed E-state index contributed by atoms with van der Waals surface area (Å²) < 4.78 is 45.5. The van der Waals surface area contributed by atoms with Crippen LogP contribution >= 0.6 is 0 Å². The fourth-order valence-corrected chi connectivity index (χ4v) is 8.77. The van der Waals surface area contributed by atoms with Gasteiger partial charge in [0.1, 0.15) is 35.1 Å². The Morgan fingerprint density at radius 3 is 2.41 bits per heavy atom. The Morgan fingerprint density at radius 1 is 1.11 bits per heavy atom. The lowest BCUT2D eigenvalue weighted by atomic mass is 9.88. The number of allylic oxidation sites excluding steroid dienone is 1. The number of rotatable bonds is 18. The second-order valence-corrected chi connectivity index (χ2v) is 18.3. The van der Waals surface area contributed by atoms with E-state index < -0.39 is 74.3 Å². The normalized spacial score (nSPS) is 23.6. The van der Waals surface area contributed by atoms with Gasteiger partial charge in [0.25, 0.3) is 5.91 Å². The zero-order valence-electron chi connectivity index (χ0n) is 33.3. The van der Waals surface area contributed by atoms with Crippen molar-refractivity contribution in [1.29, 1.82) is 0 Å². The molecule has 14 nitrogen and oxygen atoms in total. The molecule has 2 aromatic rings. The fraction of sp³-hybridized carbons (Fsp3) is 0.585. The summed E-state index contributed by atoms with van der Waals surface area (Å²) in [7, 11) is -3.91. The van der Waals surface area contributed by atoms with E-state index >= 15 is 0 Å². The van der Waals surface area contributed by atoms with Gasteiger partial charge in [-0.25, -0.2) is 18.2 Å². The molecule has 3 aliphatic rings. The van der Waals surface area contributed by atoms with Gasteiger partial charge in [-0.3, -0.25) is 19.1 Å². The number of ether oxygens (including phenoxy) is 3. The zero-order valence-corrected chi connectivity index (χ0v) is 34.2. The van der Waals surface area contributed by atoms with E-state index in [9.17, 15) is 27.6 Å². The van der Waals surface area contributed by atoms with Crippen molar-refractivity contribution in [2.75, 3.05) is 13.2 Å².